The van der Waals surface area contributed by atoms with Gasteiger partial charge < -0.3 is 15.3 Å². The van der Waals surface area contributed by atoms with Gasteiger partial charge in [-0.05, 0) is 46.4 Å². The van der Waals surface area contributed by atoms with Crippen LogP contribution >= 0.6 is 0 Å². The molecule has 2 aliphatic heterocycles. The standard InChI is InChI=1S/C12H25N3O3S/c1-14(2)8-10-7-11(16)9-15(10)19(17,18)12-3-5-13-6-4-12/h10-13,16H,3-9H2,1-2H3. The Kier molecular flexibility index (Phi) is 4.84. The van der Waals surface area contributed by atoms with Crippen molar-refractivity contribution in [3.63, 3.8) is 0 Å². The quantitative estimate of drug-likeness (QED) is 0.700. The van der Waals surface area contributed by atoms with Gasteiger partial charge in [0.1, 0.15) is 0 Å². The van der Waals surface area contributed by atoms with Crippen LogP contribution in [0.4, 0.5) is 0 Å². The molecule has 6 nitrogen and oxygen atoms in total. The first-order chi connectivity index (χ1) is 8.91. The monoisotopic (exact) mass is 291 g/mol. The van der Waals surface area contributed by atoms with Crippen molar-refractivity contribution in [1.82, 2.24) is 14.5 Å². The van der Waals surface area contributed by atoms with E-state index >= 15 is 0 Å². The highest BCUT2D eigenvalue weighted by Crippen LogP contribution is 2.27. The Morgan fingerprint density at radius 3 is 2.53 bits per heavy atom. The molecule has 2 saturated heterocycles. The Bertz CT molecular complexity index is 393. The number of hydrogen-bond acceptors (Lipinski definition) is 5. The van der Waals surface area contributed by atoms with E-state index in [9.17, 15) is 13.5 Å². The smallest absolute Gasteiger partial charge is 0.217 e. The van der Waals surface area contributed by atoms with Gasteiger partial charge in [-0.15, -0.1) is 0 Å². The normalized spacial score (nSPS) is 31.2. The van der Waals surface area contributed by atoms with Crippen molar-refractivity contribution in [2.45, 2.75) is 36.7 Å². The van der Waals surface area contributed by atoms with E-state index in [1.807, 2.05) is 19.0 Å². The van der Waals surface area contributed by atoms with Gasteiger partial charge in [0.25, 0.3) is 0 Å². The second-order valence-electron chi connectivity index (χ2n) is 5.87. The highest BCUT2D eigenvalue weighted by Gasteiger charge is 2.42. The third kappa shape index (κ3) is 3.46. The van der Waals surface area contributed by atoms with Crippen LogP contribution in [0, 0.1) is 0 Å². The average Bonchev–Trinajstić information content (AvgIpc) is 2.71. The predicted molar refractivity (Wildman–Crippen MR) is 74.5 cm³/mol. The minimum atomic E-state index is -3.28. The zero-order valence-corrected chi connectivity index (χ0v) is 12.6. The maximum atomic E-state index is 12.7. The summed E-state index contributed by atoms with van der Waals surface area (Å²) in [7, 11) is 0.578. The first-order valence-electron chi connectivity index (χ1n) is 6.95. The Morgan fingerprint density at radius 2 is 1.95 bits per heavy atom. The summed E-state index contributed by atoms with van der Waals surface area (Å²) in [4.78, 5) is 1.98. The van der Waals surface area contributed by atoms with E-state index in [-0.39, 0.29) is 17.8 Å². The predicted octanol–water partition coefficient (Wildman–Crippen LogP) is -0.935. The zero-order valence-electron chi connectivity index (χ0n) is 11.7. The maximum absolute atomic E-state index is 12.7. The molecule has 0 spiro atoms. The molecule has 0 aromatic rings. The van der Waals surface area contributed by atoms with E-state index in [1.54, 1.807) is 4.31 Å². The Balaban J connectivity index is 2.12. The SMILES string of the molecule is CN(C)CC1CC(O)CN1S(=O)(=O)C1CCNCC1. The fourth-order valence-electron chi connectivity index (χ4n) is 3.05. The van der Waals surface area contributed by atoms with Crippen LogP contribution < -0.4 is 5.32 Å². The summed E-state index contributed by atoms with van der Waals surface area (Å²) in [5, 5.41) is 12.7. The number of likely N-dealkylation sites (N-methyl/N-ethyl adjacent to an activating group) is 1. The molecule has 19 heavy (non-hydrogen) atoms. The number of nitrogens with zero attached hydrogens (tertiary/aromatic N) is 2. The fraction of sp³-hybridized carbons (Fsp3) is 1.00. The molecule has 2 fully saturated rings. The average molecular weight is 291 g/mol. The lowest BCUT2D eigenvalue weighted by atomic mass is 10.2. The van der Waals surface area contributed by atoms with Crippen molar-refractivity contribution in [3.05, 3.63) is 0 Å². The van der Waals surface area contributed by atoms with Crippen molar-refractivity contribution in [1.29, 1.82) is 0 Å². The summed E-state index contributed by atoms with van der Waals surface area (Å²) in [5.74, 6) is 0. The van der Waals surface area contributed by atoms with Crippen molar-refractivity contribution in [2.24, 2.45) is 0 Å². The van der Waals surface area contributed by atoms with Crippen LogP contribution in [0.15, 0.2) is 0 Å². The number of nitrogens with one attached hydrogen (secondary N) is 1. The molecular formula is C12H25N3O3S. The Morgan fingerprint density at radius 1 is 1.32 bits per heavy atom. The largest absolute Gasteiger partial charge is 0.392 e. The number of sulfonamides is 1. The van der Waals surface area contributed by atoms with Crippen LogP contribution in [0.5, 0.6) is 0 Å². The van der Waals surface area contributed by atoms with E-state index in [0.29, 0.717) is 25.8 Å². The third-order valence-electron chi connectivity index (χ3n) is 3.95. The molecule has 2 aliphatic rings. The molecule has 2 heterocycles. The molecule has 2 unspecified atom stereocenters. The minimum absolute atomic E-state index is 0.0927. The molecule has 0 saturated carbocycles. The molecule has 112 valence electrons. The Hall–Kier alpha value is -0.210. The molecule has 2 atom stereocenters. The molecule has 0 aromatic carbocycles. The number of β-amino-alcohol motifs (C(OH)–C–C–N with tert-alkyl or cyclic N) is 1. The number of aliphatic hydroxyl groups is 1. The lowest BCUT2D eigenvalue weighted by Crippen LogP contribution is -2.48. The van der Waals surface area contributed by atoms with Crippen molar-refractivity contribution >= 4 is 10.0 Å². The number of aliphatic hydroxyl groups excluding tert-OH is 1. The van der Waals surface area contributed by atoms with Crippen LogP contribution in [0.25, 0.3) is 0 Å². The molecule has 2 rings (SSSR count). The maximum Gasteiger partial charge on any atom is 0.217 e. The van der Waals surface area contributed by atoms with Crippen LogP contribution in [-0.2, 0) is 10.0 Å². The van der Waals surface area contributed by atoms with Crippen LogP contribution in [0.3, 0.4) is 0 Å². The van der Waals surface area contributed by atoms with Gasteiger partial charge in [0.05, 0.1) is 11.4 Å². The summed E-state index contributed by atoms with van der Waals surface area (Å²) >= 11 is 0. The Labute approximate surface area is 115 Å². The lowest BCUT2D eigenvalue weighted by Gasteiger charge is -2.31. The molecule has 0 bridgehead atoms. The van der Waals surface area contributed by atoms with Gasteiger partial charge in [0.15, 0.2) is 0 Å². The van der Waals surface area contributed by atoms with Crippen LogP contribution in [0.1, 0.15) is 19.3 Å². The van der Waals surface area contributed by atoms with Crippen molar-refractivity contribution < 1.29 is 13.5 Å². The van der Waals surface area contributed by atoms with E-state index < -0.39 is 16.1 Å². The van der Waals surface area contributed by atoms with Gasteiger partial charge in [0, 0.05) is 19.1 Å². The van der Waals surface area contributed by atoms with Gasteiger partial charge in [-0.2, -0.15) is 4.31 Å². The lowest BCUT2D eigenvalue weighted by molar-refractivity contribution is 0.188. The highest BCUT2D eigenvalue weighted by molar-refractivity contribution is 7.89. The molecule has 0 amide bonds. The molecule has 0 aromatic heterocycles. The van der Waals surface area contributed by atoms with Crippen LogP contribution in [-0.4, -0.2) is 80.4 Å². The van der Waals surface area contributed by atoms with Gasteiger partial charge in [0.2, 0.25) is 10.0 Å². The number of piperidine rings is 1. The summed E-state index contributed by atoms with van der Waals surface area (Å²) in [6.07, 6.45) is 1.36. The van der Waals surface area contributed by atoms with Crippen LogP contribution in [0.2, 0.25) is 0 Å². The summed E-state index contributed by atoms with van der Waals surface area (Å²) in [6.45, 7) is 2.45. The minimum Gasteiger partial charge on any atom is -0.392 e. The molecule has 7 heteroatoms. The van der Waals surface area contributed by atoms with Gasteiger partial charge in [-0.25, -0.2) is 8.42 Å². The first kappa shape index (κ1) is 15.2. The van der Waals surface area contributed by atoms with E-state index in [2.05, 4.69) is 5.32 Å². The van der Waals surface area contributed by atoms with Gasteiger partial charge in [-0.1, -0.05) is 0 Å². The van der Waals surface area contributed by atoms with Gasteiger partial charge in [-0.3, -0.25) is 0 Å². The van der Waals surface area contributed by atoms with Crippen molar-refractivity contribution in [2.75, 3.05) is 40.3 Å². The molecular weight excluding hydrogens is 266 g/mol. The van der Waals surface area contributed by atoms with Crippen molar-refractivity contribution in [3.8, 4) is 0 Å². The zero-order chi connectivity index (χ0) is 14.0. The number of rotatable bonds is 4. The summed E-state index contributed by atoms with van der Waals surface area (Å²) < 4.78 is 26.9. The first-order valence-corrected chi connectivity index (χ1v) is 8.45. The third-order valence-corrected chi connectivity index (χ3v) is 6.37. The highest BCUT2D eigenvalue weighted by atomic mass is 32.2. The van der Waals surface area contributed by atoms with Gasteiger partial charge >= 0.3 is 0 Å². The molecule has 2 N–H and O–H groups in total. The topological polar surface area (TPSA) is 72.9 Å². The molecule has 0 aliphatic carbocycles. The summed E-state index contributed by atoms with van der Waals surface area (Å²) in [5.41, 5.74) is 0. The second kappa shape index (κ2) is 6.05. The number of hydrogen-bond donors (Lipinski definition) is 2. The van der Waals surface area contributed by atoms with E-state index in [0.717, 1.165) is 13.1 Å². The van der Waals surface area contributed by atoms with E-state index in [1.165, 1.54) is 0 Å². The molecule has 0 radical (unpaired) electrons. The summed E-state index contributed by atoms with van der Waals surface area (Å²) in [6, 6.07) is -0.0927. The van der Waals surface area contributed by atoms with E-state index in [4.69, 9.17) is 0 Å². The second-order valence-corrected chi connectivity index (χ2v) is 8.04. The fourth-order valence-corrected chi connectivity index (χ4v) is 5.21.